The van der Waals surface area contributed by atoms with Crippen LogP contribution < -0.4 is 10.1 Å². The predicted octanol–water partition coefficient (Wildman–Crippen LogP) is 4.64. The van der Waals surface area contributed by atoms with Crippen molar-refractivity contribution < 1.29 is 23.5 Å². The van der Waals surface area contributed by atoms with E-state index < -0.39 is 17.7 Å². The van der Waals surface area contributed by atoms with Crippen LogP contribution >= 0.6 is 0 Å². The van der Waals surface area contributed by atoms with Crippen LogP contribution in [0.15, 0.2) is 85.1 Å². The summed E-state index contributed by atoms with van der Waals surface area (Å²) in [4.78, 5) is 28.5. The molecule has 4 aromatic rings. The van der Waals surface area contributed by atoms with E-state index >= 15 is 0 Å². The molecule has 0 unspecified atom stereocenters. The normalized spacial score (nSPS) is 10.5. The van der Waals surface area contributed by atoms with Gasteiger partial charge in [-0.1, -0.05) is 24.3 Å². The van der Waals surface area contributed by atoms with E-state index in [9.17, 15) is 14.0 Å². The summed E-state index contributed by atoms with van der Waals surface area (Å²) in [7, 11) is 0. The molecule has 32 heavy (non-hydrogen) atoms. The first kappa shape index (κ1) is 21.0. The zero-order chi connectivity index (χ0) is 22.3. The average Bonchev–Trinajstić information content (AvgIpc) is 2.83. The molecule has 4 rings (SSSR count). The van der Waals surface area contributed by atoms with Gasteiger partial charge in [0.25, 0.3) is 5.91 Å². The maximum absolute atomic E-state index is 13.9. The van der Waals surface area contributed by atoms with Crippen molar-refractivity contribution in [1.29, 1.82) is 0 Å². The van der Waals surface area contributed by atoms with E-state index in [2.05, 4.69) is 10.3 Å². The molecule has 0 saturated carbocycles. The van der Waals surface area contributed by atoms with E-state index in [-0.39, 0.29) is 13.2 Å². The average molecular weight is 430 g/mol. The highest BCUT2D eigenvalue weighted by atomic mass is 19.1. The number of fused-ring (bicyclic) bond motifs is 1. The third kappa shape index (κ3) is 5.07. The molecule has 0 aliphatic rings. The number of esters is 1. The lowest BCUT2D eigenvalue weighted by Crippen LogP contribution is -2.30. The number of halogens is 1. The van der Waals surface area contributed by atoms with Gasteiger partial charge in [0, 0.05) is 22.7 Å². The number of amides is 1. The van der Waals surface area contributed by atoms with Crippen LogP contribution in [0.3, 0.4) is 0 Å². The quantitative estimate of drug-likeness (QED) is 0.432. The van der Waals surface area contributed by atoms with Crippen molar-refractivity contribution in [1.82, 2.24) is 10.3 Å². The van der Waals surface area contributed by atoms with E-state index in [0.29, 0.717) is 33.5 Å². The molecule has 0 radical (unpaired) electrons. The highest BCUT2D eigenvalue weighted by Crippen LogP contribution is 2.22. The zero-order valence-electron chi connectivity index (χ0n) is 17.0. The number of nitrogens with zero attached hydrogens (tertiary/aromatic N) is 1. The molecule has 0 fully saturated rings. The Kier molecular flexibility index (Phi) is 6.36. The highest BCUT2D eigenvalue weighted by Gasteiger charge is 2.12. The van der Waals surface area contributed by atoms with Crippen LogP contribution in [-0.4, -0.2) is 23.4 Å². The summed E-state index contributed by atoms with van der Waals surface area (Å²) < 4.78 is 24.8. The zero-order valence-corrected chi connectivity index (χ0v) is 17.0. The minimum absolute atomic E-state index is 0.0754. The van der Waals surface area contributed by atoms with Gasteiger partial charge in [-0.05, 0) is 54.6 Å². The van der Waals surface area contributed by atoms with Gasteiger partial charge >= 0.3 is 5.97 Å². The third-order valence-electron chi connectivity index (χ3n) is 4.68. The van der Waals surface area contributed by atoms with E-state index in [1.54, 1.807) is 42.6 Å². The summed E-state index contributed by atoms with van der Waals surface area (Å²) in [6.45, 7) is -0.373. The topological polar surface area (TPSA) is 77.5 Å². The van der Waals surface area contributed by atoms with E-state index in [1.807, 2.05) is 30.3 Å². The molecule has 0 aliphatic carbocycles. The maximum Gasteiger partial charge on any atom is 0.325 e. The Bertz CT molecular complexity index is 1240. The first-order valence-corrected chi connectivity index (χ1v) is 9.89. The largest absolute Gasteiger partial charge is 0.459 e. The van der Waals surface area contributed by atoms with Gasteiger partial charge in [0.15, 0.2) is 0 Å². The Hall–Kier alpha value is -4.26. The molecule has 1 heterocycles. The molecular formula is C25H19FN2O4. The van der Waals surface area contributed by atoms with Crippen LogP contribution in [0.1, 0.15) is 15.9 Å². The summed E-state index contributed by atoms with van der Waals surface area (Å²) in [5.74, 6) is -0.141. The maximum atomic E-state index is 13.9. The Morgan fingerprint density at radius 1 is 0.875 bits per heavy atom. The Morgan fingerprint density at radius 2 is 1.62 bits per heavy atom. The number of carbonyl (C=O) groups is 2. The molecular weight excluding hydrogens is 411 g/mol. The lowest BCUT2D eigenvalue weighted by molar-refractivity contribution is -0.143. The van der Waals surface area contributed by atoms with Crippen molar-refractivity contribution in [3.05, 3.63) is 102 Å². The SMILES string of the molecule is O=C(CNC(=O)c1ccc(Oc2ccccc2)cc1)OCc1ccc(F)c2cccnc12. The van der Waals surface area contributed by atoms with Crippen LogP contribution in [0.25, 0.3) is 10.9 Å². The van der Waals surface area contributed by atoms with Crippen molar-refractivity contribution >= 4 is 22.8 Å². The van der Waals surface area contributed by atoms with Crippen molar-refractivity contribution in [2.75, 3.05) is 6.54 Å². The molecule has 1 aromatic heterocycles. The number of rotatable bonds is 7. The molecule has 0 bridgehead atoms. The van der Waals surface area contributed by atoms with Crippen molar-refractivity contribution in [2.24, 2.45) is 0 Å². The number of nitrogens with one attached hydrogen (secondary N) is 1. The van der Waals surface area contributed by atoms with Crippen molar-refractivity contribution in [3.63, 3.8) is 0 Å². The summed E-state index contributed by atoms with van der Waals surface area (Å²) in [6, 6.07) is 21.9. The number of para-hydroxylation sites is 1. The molecule has 0 spiro atoms. The molecule has 1 N–H and O–H groups in total. The molecule has 1 amide bonds. The first-order valence-electron chi connectivity index (χ1n) is 9.89. The Balaban J connectivity index is 1.29. The minimum Gasteiger partial charge on any atom is -0.459 e. The van der Waals surface area contributed by atoms with E-state index in [4.69, 9.17) is 9.47 Å². The standard InChI is InChI=1S/C25H19FN2O4/c26-22-13-10-18(24-21(22)7-4-14-27-24)16-31-23(29)15-28-25(30)17-8-11-20(12-9-17)32-19-5-2-1-3-6-19/h1-14H,15-16H2,(H,28,30). The van der Waals surface area contributed by atoms with E-state index in [1.165, 1.54) is 12.1 Å². The van der Waals surface area contributed by atoms with Gasteiger partial charge < -0.3 is 14.8 Å². The molecule has 0 saturated heterocycles. The number of hydrogen-bond donors (Lipinski definition) is 1. The van der Waals surface area contributed by atoms with Crippen molar-refractivity contribution in [2.45, 2.75) is 6.61 Å². The van der Waals surface area contributed by atoms with Crippen LogP contribution in [0.5, 0.6) is 11.5 Å². The number of carbonyl (C=O) groups excluding carboxylic acids is 2. The van der Waals surface area contributed by atoms with Crippen LogP contribution in [0, 0.1) is 5.82 Å². The van der Waals surface area contributed by atoms with Gasteiger partial charge in [-0.3, -0.25) is 14.6 Å². The van der Waals surface area contributed by atoms with E-state index in [0.717, 1.165) is 0 Å². The Labute approximate surface area is 183 Å². The summed E-state index contributed by atoms with van der Waals surface area (Å²) in [5.41, 5.74) is 1.39. The fourth-order valence-corrected chi connectivity index (χ4v) is 3.08. The van der Waals surface area contributed by atoms with Crippen molar-refractivity contribution in [3.8, 4) is 11.5 Å². The van der Waals surface area contributed by atoms with Gasteiger partial charge in [-0.25, -0.2) is 4.39 Å². The van der Waals surface area contributed by atoms with Gasteiger partial charge in [-0.15, -0.1) is 0 Å². The molecule has 6 nitrogen and oxygen atoms in total. The number of pyridine rings is 1. The smallest absolute Gasteiger partial charge is 0.325 e. The minimum atomic E-state index is -0.615. The third-order valence-corrected chi connectivity index (χ3v) is 4.68. The summed E-state index contributed by atoms with van der Waals surface area (Å²) in [6.07, 6.45) is 1.55. The summed E-state index contributed by atoms with van der Waals surface area (Å²) >= 11 is 0. The molecule has 3 aromatic carbocycles. The van der Waals surface area contributed by atoms with Gasteiger partial charge in [-0.2, -0.15) is 0 Å². The number of aromatic nitrogens is 1. The van der Waals surface area contributed by atoms with Crippen LogP contribution in [0.2, 0.25) is 0 Å². The van der Waals surface area contributed by atoms with Gasteiger partial charge in [0.2, 0.25) is 0 Å². The number of ether oxygens (including phenoxy) is 2. The lowest BCUT2D eigenvalue weighted by Gasteiger charge is -2.09. The van der Waals surface area contributed by atoms with Crippen LogP contribution in [0.4, 0.5) is 4.39 Å². The van der Waals surface area contributed by atoms with Gasteiger partial charge in [0.1, 0.15) is 30.5 Å². The second kappa shape index (κ2) is 9.70. The predicted molar refractivity (Wildman–Crippen MR) is 117 cm³/mol. The Morgan fingerprint density at radius 3 is 2.41 bits per heavy atom. The fourth-order valence-electron chi connectivity index (χ4n) is 3.08. The number of hydrogen-bond acceptors (Lipinski definition) is 5. The van der Waals surface area contributed by atoms with Crippen LogP contribution in [-0.2, 0) is 16.1 Å². The fraction of sp³-hybridized carbons (Fsp3) is 0.0800. The number of benzene rings is 3. The monoisotopic (exact) mass is 430 g/mol. The highest BCUT2D eigenvalue weighted by molar-refractivity contribution is 5.96. The molecule has 160 valence electrons. The lowest BCUT2D eigenvalue weighted by atomic mass is 10.1. The second-order valence-electron chi connectivity index (χ2n) is 6.89. The first-order chi connectivity index (χ1) is 15.6. The molecule has 0 atom stereocenters. The second-order valence-corrected chi connectivity index (χ2v) is 6.89. The van der Waals surface area contributed by atoms with Gasteiger partial charge in [0.05, 0.1) is 5.52 Å². The molecule has 7 heteroatoms. The summed E-state index contributed by atoms with van der Waals surface area (Å²) in [5, 5.41) is 2.88. The molecule has 0 aliphatic heterocycles.